The minimum Gasteiger partial charge on any atom is -0.461 e. The van der Waals surface area contributed by atoms with E-state index in [4.69, 9.17) is 4.74 Å². The fourth-order valence-corrected chi connectivity index (χ4v) is 1.30. The van der Waals surface area contributed by atoms with Crippen molar-refractivity contribution in [1.82, 2.24) is 0 Å². The van der Waals surface area contributed by atoms with E-state index in [1.165, 1.54) is 12.1 Å². The molecule has 0 N–H and O–H groups in total. The van der Waals surface area contributed by atoms with Gasteiger partial charge in [0.25, 0.3) is 0 Å². The highest BCUT2D eigenvalue weighted by molar-refractivity contribution is 9.10. The number of rotatable bonds is 4. The van der Waals surface area contributed by atoms with Gasteiger partial charge in [-0.25, -0.2) is 4.74 Å². The first-order valence-electron chi connectivity index (χ1n) is 4.20. The van der Waals surface area contributed by atoms with Crippen LogP contribution in [0.5, 0.6) is 5.75 Å². The molecular weight excluding hydrogens is 289 g/mol. The minimum atomic E-state index is -4.76. The zero-order valence-electron chi connectivity index (χ0n) is 8.00. The minimum absolute atomic E-state index is 0.253. The Bertz CT molecular complexity index is 365. The van der Waals surface area contributed by atoms with Crippen LogP contribution in [0, 0.1) is 0 Å². The normalized spacial score (nSPS) is 13.2. The van der Waals surface area contributed by atoms with Gasteiger partial charge in [-0.15, -0.1) is 13.2 Å². The second-order valence-electron chi connectivity index (χ2n) is 2.74. The average molecular weight is 297 g/mol. The van der Waals surface area contributed by atoms with Crippen molar-refractivity contribution in [2.24, 2.45) is 0 Å². The molecule has 0 heterocycles. The van der Waals surface area contributed by atoms with Crippen LogP contribution in [0.4, 0.5) is 13.2 Å². The van der Waals surface area contributed by atoms with Crippen molar-refractivity contribution < 1.29 is 22.6 Å². The second-order valence-corrected chi connectivity index (χ2v) is 3.66. The molecule has 0 fully saturated rings. The summed E-state index contributed by atoms with van der Waals surface area (Å²) in [6.45, 7) is 3.20. The summed E-state index contributed by atoms with van der Waals surface area (Å²) in [5.74, 6) is 0.253. The third-order valence-corrected chi connectivity index (χ3v) is 1.98. The Labute approximate surface area is 98.8 Å². The van der Waals surface area contributed by atoms with Crippen molar-refractivity contribution in [2.45, 2.75) is 12.7 Å². The van der Waals surface area contributed by atoms with Crippen LogP contribution in [-0.2, 0) is 4.74 Å². The van der Waals surface area contributed by atoms with Gasteiger partial charge < -0.3 is 4.74 Å². The first kappa shape index (κ1) is 13.1. The van der Waals surface area contributed by atoms with E-state index in [1.807, 2.05) is 0 Å². The summed E-state index contributed by atoms with van der Waals surface area (Å²) < 4.78 is 45.0. The highest BCUT2D eigenvalue weighted by Crippen LogP contribution is 2.23. The van der Waals surface area contributed by atoms with E-state index in [-0.39, 0.29) is 5.75 Å². The monoisotopic (exact) mass is 296 g/mol. The molecule has 1 unspecified atom stereocenters. The first-order chi connectivity index (χ1) is 7.40. The van der Waals surface area contributed by atoms with Crippen LogP contribution in [0.15, 0.2) is 41.4 Å². The van der Waals surface area contributed by atoms with Gasteiger partial charge in [-0.3, -0.25) is 0 Å². The molecule has 0 aliphatic heterocycles. The Morgan fingerprint density at radius 3 is 2.56 bits per heavy atom. The smallest absolute Gasteiger partial charge is 0.461 e. The summed E-state index contributed by atoms with van der Waals surface area (Å²) in [6, 6.07) is 6.39. The van der Waals surface area contributed by atoms with E-state index in [9.17, 15) is 13.2 Å². The van der Waals surface area contributed by atoms with Gasteiger partial charge in [0.15, 0.2) is 0 Å². The Morgan fingerprint density at radius 1 is 1.38 bits per heavy atom. The van der Waals surface area contributed by atoms with Crippen LogP contribution in [0.1, 0.15) is 0 Å². The molecule has 0 aromatic heterocycles. The quantitative estimate of drug-likeness (QED) is 0.620. The summed E-state index contributed by atoms with van der Waals surface area (Å²) in [6.07, 6.45) is -5.39. The van der Waals surface area contributed by atoms with Crippen molar-refractivity contribution in [3.05, 3.63) is 41.4 Å². The van der Waals surface area contributed by atoms with Crippen molar-refractivity contribution in [1.29, 1.82) is 0 Å². The molecule has 0 aliphatic carbocycles. The third-order valence-electron chi connectivity index (χ3n) is 1.49. The average Bonchev–Trinajstić information content (AvgIpc) is 2.14. The van der Waals surface area contributed by atoms with Gasteiger partial charge in [-0.2, -0.15) is 0 Å². The maximum Gasteiger partial charge on any atom is 0.525 e. The number of halogens is 4. The van der Waals surface area contributed by atoms with Gasteiger partial charge in [0.1, 0.15) is 5.75 Å². The number of benzene rings is 1. The van der Waals surface area contributed by atoms with E-state index < -0.39 is 12.7 Å². The van der Waals surface area contributed by atoms with Crippen LogP contribution in [0.3, 0.4) is 0 Å². The lowest BCUT2D eigenvalue weighted by Crippen LogP contribution is -2.26. The molecule has 1 atom stereocenters. The van der Waals surface area contributed by atoms with Gasteiger partial charge in [0, 0.05) is 4.47 Å². The van der Waals surface area contributed by atoms with Crippen molar-refractivity contribution >= 4 is 15.9 Å². The van der Waals surface area contributed by atoms with Gasteiger partial charge in [-0.1, -0.05) is 28.6 Å². The molecule has 6 heteroatoms. The molecule has 0 aliphatic rings. The fourth-order valence-electron chi connectivity index (χ4n) is 0.926. The van der Waals surface area contributed by atoms with Crippen LogP contribution in [0.2, 0.25) is 0 Å². The molecule has 88 valence electrons. The predicted molar refractivity (Wildman–Crippen MR) is 55.9 cm³/mol. The Balaban J connectivity index is 2.67. The second kappa shape index (κ2) is 5.36. The van der Waals surface area contributed by atoms with Gasteiger partial charge in [-0.05, 0) is 24.3 Å². The molecule has 0 spiro atoms. The van der Waals surface area contributed by atoms with Crippen molar-refractivity contribution in [3.8, 4) is 5.75 Å². The van der Waals surface area contributed by atoms with Gasteiger partial charge in [0.05, 0.1) is 0 Å². The molecule has 1 aromatic rings. The van der Waals surface area contributed by atoms with Crippen molar-refractivity contribution in [2.75, 3.05) is 0 Å². The van der Waals surface area contributed by atoms with Crippen LogP contribution in [0.25, 0.3) is 0 Å². The van der Waals surface area contributed by atoms with Crippen molar-refractivity contribution in [3.63, 3.8) is 0 Å². The summed E-state index contributed by atoms with van der Waals surface area (Å²) in [7, 11) is 0. The zero-order valence-corrected chi connectivity index (χ0v) is 9.59. The van der Waals surface area contributed by atoms with Crippen LogP contribution < -0.4 is 4.74 Å². The van der Waals surface area contributed by atoms with E-state index in [2.05, 4.69) is 27.2 Å². The van der Waals surface area contributed by atoms with E-state index in [1.54, 1.807) is 12.1 Å². The molecule has 1 aromatic carbocycles. The number of hydrogen-bond acceptors (Lipinski definition) is 2. The SMILES string of the molecule is C=CC(Oc1cccc(Br)c1)OC(F)(F)F. The maximum atomic E-state index is 11.9. The molecule has 0 radical (unpaired) electrons. The largest absolute Gasteiger partial charge is 0.525 e. The van der Waals surface area contributed by atoms with Gasteiger partial charge in [0.2, 0.25) is 6.29 Å². The zero-order chi connectivity index (χ0) is 12.2. The molecule has 0 amide bonds. The molecular formula is C10H8BrF3O2. The summed E-state index contributed by atoms with van der Waals surface area (Å²) in [5.41, 5.74) is 0. The van der Waals surface area contributed by atoms with E-state index >= 15 is 0 Å². The molecule has 16 heavy (non-hydrogen) atoms. The van der Waals surface area contributed by atoms with E-state index in [0.29, 0.717) is 4.47 Å². The lowest BCUT2D eigenvalue weighted by Gasteiger charge is -2.17. The van der Waals surface area contributed by atoms with E-state index in [0.717, 1.165) is 6.08 Å². The fraction of sp³-hybridized carbons (Fsp3) is 0.200. The van der Waals surface area contributed by atoms with Crippen LogP contribution >= 0.6 is 15.9 Å². The Hall–Kier alpha value is -1.01. The number of alkyl halides is 3. The van der Waals surface area contributed by atoms with Gasteiger partial charge >= 0.3 is 6.36 Å². The summed E-state index contributed by atoms with van der Waals surface area (Å²) in [4.78, 5) is 0. The standard InChI is InChI=1S/C10H8BrF3O2/c1-2-9(16-10(12,13)14)15-8-5-3-4-7(11)6-8/h2-6,9H,1H2. The third kappa shape index (κ3) is 4.67. The Morgan fingerprint density at radius 2 is 2.06 bits per heavy atom. The predicted octanol–water partition coefficient (Wildman–Crippen LogP) is 3.88. The summed E-state index contributed by atoms with van der Waals surface area (Å²) >= 11 is 3.17. The highest BCUT2D eigenvalue weighted by atomic mass is 79.9. The summed E-state index contributed by atoms with van der Waals surface area (Å²) in [5, 5.41) is 0. The molecule has 0 saturated heterocycles. The topological polar surface area (TPSA) is 18.5 Å². The molecule has 1 rings (SSSR count). The van der Waals surface area contributed by atoms with Crippen LogP contribution in [-0.4, -0.2) is 12.7 Å². The highest BCUT2D eigenvalue weighted by Gasteiger charge is 2.33. The molecule has 2 nitrogen and oxygen atoms in total. The first-order valence-corrected chi connectivity index (χ1v) is 4.99. The number of ether oxygens (including phenoxy) is 2. The Kier molecular flexibility index (Phi) is 4.37. The molecule has 0 saturated carbocycles. The lowest BCUT2D eigenvalue weighted by molar-refractivity contribution is -0.358. The molecule has 0 bridgehead atoms. The number of hydrogen-bond donors (Lipinski definition) is 0. The maximum absolute atomic E-state index is 11.9. The lowest BCUT2D eigenvalue weighted by atomic mass is 10.3.